The van der Waals surface area contributed by atoms with E-state index in [9.17, 15) is 9.59 Å². The molecule has 0 radical (unpaired) electrons. The molecule has 0 heterocycles. The quantitative estimate of drug-likeness (QED) is 0.722. The molecule has 0 spiro atoms. The van der Waals surface area contributed by atoms with Crippen LogP contribution >= 0.6 is 0 Å². The van der Waals surface area contributed by atoms with Crippen LogP contribution in [0.3, 0.4) is 0 Å². The summed E-state index contributed by atoms with van der Waals surface area (Å²) in [6.45, 7) is 15.1. The maximum atomic E-state index is 12.3. The van der Waals surface area contributed by atoms with Gasteiger partial charge in [-0.05, 0) is 45.1 Å². The minimum Gasteiger partial charge on any atom is -0.444 e. The Morgan fingerprint density at radius 3 is 2.20 bits per heavy atom. The molecule has 0 saturated heterocycles. The van der Waals surface area contributed by atoms with Gasteiger partial charge in [-0.2, -0.15) is 0 Å². The average molecular weight is 283 g/mol. The fourth-order valence-corrected chi connectivity index (χ4v) is 1.70. The highest BCUT2D eigenvalue weighted by atomic mass is 16.6. The molecule has 0 aliphatic rings. The molecule has 4 heteroatoms. The molecule has 116 valence electrons. The number of carbonyl (C=O) groups is 2. The zero-order valence-electron chi connectivity index (χ0n) is 13.7. The van der Waals surface area contributed by atoms with Crippen molar-refractivity contribution >= 4 is 11.9 Å². The van der Waals surface area contributed by atoms with Gasteiger partial charge in [-0.1, -0.05) is 33.8 Å². The molecule has 0 rings (SSSR count). The van der Waals surface area contributed by atoms with Gasteiger partial charge in [0.05, 0.1) is 6.04 Å². The van der Waals surface area contributed by atoms with Gasteiger partial charge in [-0.15, -0.1) is 0 Å². The third-order valence-electron chi connectivity index (χ3n) is 2.80. The second-order valence-electron chi connectivity index (χ2n) is 6.44. The highest BCUT2D eigenvalue weighted by Crippen LogP contribution is 2.14. The monoisotopic (exact) mass is 283 g/mol. The van der Waals surface area contributed by atoms with Crippen LogP contribution in [0.4, 0.5) is 4.79 Å². The molecule has 0 saturated carbocycles. The van der Waals surface area contributed by atoms with Crippen LogP contribution in [0.25, 0.3) is 0 Å². The van der Waals surface area contributed by atoms with E-state index in [0.717, 1.165) is 12.8 Å². The second kappa shape index (κ2) is 8.08. The van der Waals surface area contributed by atoms with Gasteiger partial charge < -0.3 is 10.1 Å². The standard InChI is InChI=1S/C16H29NO3/c1-8-9-10-12(4)14(18)13(11(2)3)17-15(19)20-16(5,6)7/h11,13H,4,8-10H2,1-3,5-7H3,(H,17,19). The van der Waals surface area contributed by atoms with Gasteiger partial charge in [-0.3, -0.25) is 4.79 Å². The summed E-state index contributed by atoms with van der Waals surface area (Å²) in [6.07, 6.45) is 2.06. The van der Waals surface area contributed by atoms with Gasteiger partial charge in [0.15, 0.2) is 5.78 Å². The molecule has 0 fully saturated rings. The normalized spacial score (nSPS) is 12.9. The van der Waals surface area contributed by atoms with E-state index in [4.69, 9.17) is 4.74 Å². The van der Waals surface area contributed by atoms with Crippen molar-refractivity contribution in [3.05, 3.63) is 12.2 Å². The van der Waals surface area contributed by atoms with Gasteiger partial charge in [0.25, 0.3) is 0 Å². The van der Waals surface area contributed by atoms with Crippen molar-refractivity contribution < 1.29 is 14.3 Å². The highest BCUT2D eigenvalue weighted by molar-refractivity contribution is 6.00. The number of rotatable bonds is 7. The number of ketones is 1. The first-order valence-electron chi connectivity index (χ1n) is 7.30. The summed E-state index contributed by atoms with van der Waals surface area (Å²) in [6, 6.07) is -0.575. The molecule has 4 nitrogen and oxygen atoms in total. The number of unbranched alkanes of at least 4 members (excludes halogenated alkanes) is 1. The van der Waals surface area contributed by atoms with Crippen LogP contribution in [0.15, 0.2) is 12.2 Å². The Labute approximate surface area is 123 Å². The second-order valence-corrected chi connectivity index (χ2v) is 6.44. The molecule has 0 aliphatic carbocycles. The van der Waals surface area contributed by atoms with Crippen molar-refractivity contribution in [2.24, 2.45) is 5.92 Å². The number of hydrogen-bond acceptors (Lipinski definition) is 3. The van der Waals surface area contributed by atoms with Crippen LogP contribution in [0, 0.1) is 5.92 Å². The number of ether oxygens (including phenoxy) is 1. The molecule has 1 unspecified atom stereocenters. The summed E-state index contributed by atoms with van der Waals surface area (Å²) in [7, 11) is 0. The molecule has 1 amide bonds. The molecule has 0 aromatic heterocycles. The first-order chi connectivity index (χ1) is 9.08. The van der Waals surface area contributed by atoms with E-state index in [1.165, 1.54) is 0 Å². The van der Waals surface area contributed by atoms with Crippen molar-refractivity contribution in [1.82, 2.24) is 5.32 Å². The highest BCUT2D eigenvalue weighted by Gasteiger charge is 2.27. The molecule has 0 aromatic rings. The topological polar surface area (TPSA) is 55.4 Å². The first kappa shape index (κ1) is 18.7. The van der Waals surface area contributed by atoms with Crippen LogP contribution in [0.2, 0.25) is 0 Å². The van der Waals surface area contributed by atoms with Gasteiger partial charge >= 0.3 is 6.09 Å². The first-order valence-corrected chi connectivity index (χ1v) is 7.30. The smallest absolute Gasteiger partial charge is 0.408 e. The van der Waals surface area contributed by atoms with Crippen LogP contribution in [0.5, 0.6) is 0 Å². The minimum atomic E-state index is -0.576. The Bertz CT molecular complexity index is 353. The maximum absolute atomic E-state index is 12.3. The van der Waals surface area contributed by atoms with Crippen molar-refractivity contribution in [3.8, 4) is 0 Å². The molecule has 1 atom stereocenters. The minimum absolute atomic E-state index is 0.00612. The van der Waals surface area contributed by atoms with E-state index in [-0.39, 0.29) is 11.7 Å². The fourth-order valence-electron chi connectivity index (χ4n) is 1.70. The Morgan fingerprint density at radius 1 is 1.25 bits per heavy atom. The van der Waals surface area contributed by atoms with E-state index in [0.29, 0.717) is 12.0 Å². The van der Waals surface area contributed by atoms with Crippen LogP contribution in [0.1, 0.15) is 60.8 Å². The van der Waals surface area contributed by atoms with Gasteiger partial charge in [0.1, 0.15) is 5.60 Å². The molecule has 20 heavy (non-hydrogen) atoms. The summed E-state index contributed by atoms with van der Waals surface area (Å²) >= 11 is 0. The van der Waals surface area contributed by atoms with E-state index >= 15 is 0 Å². The molecule has 0 aromatic carbocycles. The van der Waals surface area contributed by atoms with Crippen molar-refractivity contribution in [3.63, 3.8) is 0 Å². The Balaban J connectivity index is 4.69. The number of hydrogen-bond donors (Lipinski definition) is 1. The van der Waals surface area contributed by atoms with Crippen LogP contribution in [-0.4, -0.2) is 23.5 Å². The number of alkyl carbamates (subject to hydrolysis) is 1. The number of Topliss-reactive ketones (excluding diaryl/α,β-unsaturated/α-hetero) is 1. The lowest BCUT2D eigenvalue weighted by molar-refractivity contribution is -0.118. The van der Waals surface area contributed by atoms with Crippen molar-refractivity contribution in [2.45, 2.75) is 72.4 Å². The lowest BCUT2D eigenvalue weighted by atomic mass is 9.93. The zero-order valence-corrected chi connectivity index (χ0v) is 13.7. The number of nitrogens with one attached hydrogen (secondary N) is 1. The number of amides is 1. The third-order valence-corrected chi connectivity index (χ3v) is 2.80. The maximum Gasteiger partial charge on any atom is 0.408 e. The van der Waals surface area contributed by atoms with E-state index in [1.807, 2.05) is 13.8 Å². The summed E-state index contributed by atoms with van der Waals surface area (Å²) < 4.78 is 5.20. The lowest BCUT2D eigenvalue weighted by Gasteiger charge is -2.25. The summed E-state index contributed by atoms with van der Waals surface area (Å²) in [5.74, 6) is -0.104. The molecular weight excluding hydrogens is 254 g/mol. The molecule has 0 aliphatic heterocycles. The molecular formula is C16H29NO3. The van der Waals surface area contributed by atoms with Crippen molar-refractivity contribution in [1.29, 1.82) is 0 Å². The molecule has 0 bridgehead atoms. The largest absolute Gasteiger partial charge is 0.444 e. The van der Waals surface area contributed by atoms with Crippen LogP contribution in [-0.2, 0) is 9.53 Å². The number of carbonyl (C=O) groups excluding carboxylic acids is 2. The average Bonchev–Trinajstić information content (AvgIpc) is 2.29. The lowest BCUT2D eigenvalue weighted by Crippen LogP contribution is -2.46. The zero-order chi connectivity index (χ0) is 15.9. The molecule has 1 N–H and O–H groups in total. The Morgan fingerprint density at radius 2 is 1.80 bits per heavy atom. The SMILES string of the molecule is C=C(CCCC)C(=O)C(NC(=O)OC(C)(C)C)C(C)C. The summed E-state index contributed by atoms with van der Waals surface area (Å²) in [5, 5.41) is 2.66. The van der Waals surface area contributed by atoms with Gasteiger partial charge in [0.2, 0.25) is 0 Å². The third kappa shape index (κ3) is 7.31. The predicted molar refractivity (Wildman–Crippen MR) is 81.7 cm³/mol. The Kier molecular flexibility index (Phi) is 7.54. The van der Waals surface area contributed by atoms with Gasteiger partial charge in [0, 0.05) is 0 Å². The predicted octanol–water partition coefficient (Wildman–Crippen LogP) is 3.85. The Hall–Kier alpha value is -1.32. The van der Waals surface area contributed by atoms with E-state index < -0.39 is 17.7 Å². The van der Waals surface area contributed by atoms with E-state index in [1.54, 1.807) is 20.8 Å². The van der Waals surface area contributed by atoms with Crippen molar-refractivity contribution in [2.75, 3.05) is 0 Å². The van der Waals surface area contributed by atoms with Crippen LogP contribution < -0.4 is 5.32 Å². The summed E-state index contributed by atoms with van der Waals surface area (Å²) in [5.41, 5.74) is -0.00458. The van der Waals surface area contributed by atoms with Gasteiger partial charge in [-0.25, -0.2) is 4.79 Å². The van der Waals surface area contributed by atoms with E-state index in [2.05, 4.69) is 18.8 Å². The fraction of sp³-hybridized carbons (Fsp3) is 0.750. The summed E-state index contributed by atoms with van der Waals surface area (Å²) in [4.78, 5) is 24.1.